The Morgan fingerprint density at radius 1 is 1.47 bits per heavy atom. The highest BCUT2D eigenvalue weighted by Crippen LogP contribution is 2.22. The van der Waals surface area contributed by atoms with Crippen LogP contribution in [0.1, 0.15) is 6.92 Å². The van der Waals surface area contributed by atoms with E-state index < -0.39 is 21.0 Å². The van der Waals surface area contributed by atoms with Crippen molar-refractivity contribution >= 4 is 38.7 Å². The molecule has 0 aromatic heterocycles. The van der Waals surface area contributed by atoms with Gasteiger partial charge in [0.25, 0.3) is 0 Å². The van der Waals surface area contributed by atoms with Crippen molar-refractivity contribution in [3.63, 3.8) is 0 Å². The van der Waals surface area contributed by atoms with Gasteiger partial charge in [0, 0.05) is 11.9 Å². The fourth-order valence-corrected chi connectivity index (χ4v) is 1.63. The van der Waals surface area contributed by atoms with Gasteiger partial charge in [-0.1, -0.05) is 11.6 Å². The summed E-state index contributed by atoms with van der Waals surface area (Å²) in [4.78, 5) is 11.6. The lowest BCUT2D eigenvalue weighted by atomic mass is 10.2. The summed E-state index contributed by atoms with van der Waals surface area (Å²) >= 11 is 5.72. The first-order chi connectivity index (χ1) is 7.71. The van der Waals surface area contributed by atoms with Crippen LogP contribution in [0.25, 0.3) is 0 Å². The summed E-state index contributed by atoms with van der Waals surface area (Å²) in [5.41, 5.74) is 6.28. The van der Waals surface area contributed by atoms with Crippen molar-refractivity contribution in [1.82, 2.24) is 0 Å². The van der Waals surface area contributed by atoms with Gasteiger partial charge in [0.2, 0.25) is 5.91 Å². The number of hydrogen-bond acceptors (Lipinski definition) is 4. The first kappa shape index (κ1) is 13.8. The second kappa shape index (κ2) is 4.93. The van der Waals surface area contributed by atoms with Crippen LogP contribution in [0.4, 0.5) is 11.4 Å². The fourth-order valence-electron chi connectivity index (χ4n) is 1.06. The van der Waals surface area contributed by atoms with Gasteiger partial charge in [-0.15, -0.1) is 0 Å². The number of carbonyl (C=O) groups is 1. The second-order valence-corrected chi connectivity index (χ2v) is 6.47. The molecule has 0 heterocycles. The molecule has 1 aromatic carbocycles. The van der Waals surface area contributed by atoms with Crippen LogP contribution in [0.3, 0.4) is 0 Å². The maximum Gasteiger partial charge on any atom is 0.242 e. The number of nitrogens with one attached hydrogen (secondary N) is 1. The van der Waals surface area contributed by atoms with Crippen molar-refractivity contribution in [2.75, 3.05) is 17.3 Å². The van der Waals surface area contributed by atoms with Gasteiger partial charge in [-0.3, -0.25) is 4.79 Å². The Labute approximate surface area is 105 Å². The molecule has 1 unspecified atom stereocenters. The number of halogens is 1. The average molecular weight is 277 g/mol. The summed E-state index contributed by atoms with van der Waals surface area (Å²) in [6, 6.07) is 4.54. The number of amides is 1. The Hall–Kier alpha value is -1.27. The maximum absolute atomic E-state index is 11.6. The molecule has 3 N–H and O–H groups in total. The Morgan fingerprint density at radius 3 is 2.53 bits per heavy atom. The summed E-state index contributed by atoms with van der Waals surface area (Å²) in [5, 5.41) is 1.72. The van der Waals surface area contributed by atoms with Gasteiger partial charge in [0.1, 0.15) is 5.25 Å². The number of nitrogens with two attached hydrogens (primary N) is 1. The molecule has 1 aromatic rings. The summed E-state index contributed by atoms with van der Waals surface area (Å²) in [5.74, 6) is -0.603. The predicted molar refractivity (Wildman–Crippen MR) is 68.8 cm³/mol. The predicted octanol–water partition coefficient (Wildman–Crippen LogP) is 1.29. The topological polar surface area (TPSA) is 89.3 Å². The molecule has 94 valence electrons. The average Bonchev–Trinajstić information content (AvgIpc) is 2.21. The van der Waals surface area contributed by atoms with Crippen molar-refractivity contribution < 1.29 is 13.2 Å². The molecule has 0 aliphatic rings. The largest absolute Gasteiger partial charge is 0.397 e. The van der Waals surface area contributed by atoms with E-state index in [1.165, 1.54) is 19.1 Å². The first-order valence-corrected chi connectivity index (χ1v) is 7.10. The van der Waals surface area contributed by atoms with E-state index in [1.807, 2.05) is 0 Å². The van der Waals surface area contributed by atoms with Crippen LogP contribution >= 0.6 is 11.6 Å². The monoisotopic (exact) mass is 276 g/mol. The minimum atomic E-state index is -3.41. The zero-order valence-corrected chi connectivity index (χ0v) is 11.0. The Kier molecular flexibility index (Phi) is 4.00. The smallest absolute Gasteiger partial charge is 0.242 e. The summed E-state index contributed by atoms with van der Waals surface area (Å²) in [6.45, 7) is 1.32. The van der Waals surface area contributed by atoms with E-state index in [0.29, 0.717) is 16.4 Å². The van der Waals surface area contributed by atoms with E-state index in [4.69, 9.17) is 17.3 Å². The van der Waals surface area contributed by atoms with Crippen LogP contribution in [0, 0.1) is 0 Å². The molecule has 1 amide bonds. The minimum absolute atomic E-state index is 0.316. The van der Waals surface area contributed by atoms with E-state index in [2.05, 4.69) is 5.32 Å². The SMILES string of the molecule is CC(C(=O)Nc1ccc(Cl)c(N)c1)S(C)(=O)=O. The van der Waals surface area contributed by atoms with Gasteiger partial charge in [-0.05, 0) is 25.1 Å². The molecule has 0 saturated carbocycles. The summed E-state index contributed by atoms with van der Waals surface area (Å²) in [7, 11) is -3.41. The number of benzene rings is 1. The zero-order valence-electron chi connectivity index (χ0n) is 9.40. The third-order valence-corrected chi connectivity index (χ3v) is 4.12. The molecule has 17 heavy (non-hydrogen) atoms. The number of carbonyl (C=O) groups excluding carboxylic acids is 1. The van der Waals surface area contributed by atoms with Crippen LogP contribution in [-0.4, -0.2) is 25.8 Å². The molecule has 0 fully saturated rings. The van der Waals surface area contributed by atoms with Crippen LogP contribution in [0.2, 0.25) is 5.02 Å². The lowest BCUT2D eigenvalue weighted by Gasteiger charge is -2.11. The lowest BCUT2D eigenvalue weighted by molar-refractivity contribution is -0.115. The number of rotatable bonds is 3. The standard InChI is InChI=1S/C10H13ClN2O3S/c1-6(17(2,15)16)10(14)13-7-3-4-8(11)9(12)5-7/h3-6H,12H2,1-2H3,(H,13,14). The van der Waals surface area contributed by atoms with E-state index in [1.54, 1.807) is 6.07 Å². The van der Waals surface area contributed by atoms with Gasteiger partial charge in [0.15, 0.2) is 9.84 Å². The lowest BCUT2D eigenvalue weighted by Crippen LogP contribution is -2.31. The Balaban J connectivity index is 2.85. The van der Waals surface area contributed by atoms with Crippen molar-refractivity contribution in [2.24, 2.45) is 0 Å². The third kappa shape index (κ3) is 3.61. The molecule has 1 rings (SSSR count). The molecule has 7 heteroatoms. The number of hydrogen-bond donors (Lipinski definition) is 2. The Bertz CT molecular complexity index is 542. The van der Waals surface area contributed by atoms with Gasteiger partial charge in [-0.2, -0.15) is 0 Å². The molecular weight excluding hydrogens is 264 g/mol. The summed E-state index contributed by atoms with van der Waals surface area (Å²) < 4.78 is 22.4. The molecule has 0 spiro atoms. The van der Waals surface area contributed by atoms with Crippen molar-refractivity contribution in [3.05, 3.63) is 23.2 Å². The molecule has 0 bridgehead atoms. The van der Waals surface area contributed by atoms with Crippen molar-refractivity contribution in [1.29, 1.82) is 0 Å². The van der Waals surface area contributed by atoms with E-state index >= 15 is 0 Å². The highest BCUT2D eigenvalue weighted by molar-refractivity contribution is 7.92. The molecule has 0 aliphatic heterocycles. The summed E-state index contributed by atoms with van der Waals surface area (Å²) in [6.07, 6.45) is 1.01. The van der Waals surface area contributed by atoms with E-state index in [9.17, 15) is 13.2 Å². The fraction of sp³-hybridized carbons (Fsp3) is 0.300. The van der Waals surface area contributed by atoms with Gasteiger partial charge in [0.05, 0.1) is 10.7 Å². The first-order valence-electron chi connectivity index (χ1n) is 4.76. The highest BCUT2D eigenvalue weighted by atomic mass is 35.5. The van der Waals surface area contributed by atoms with Crippen LogP contribution in [0.15, 0.2) is 18.2 Å². The number of nitrogen functional groups attached to an aromatic ring is 1. The quantitative estimate of drug-likeness (QED) is 0.814. The van der Waals surface area contributed by atoms with E-state index in [0.717, 1.165) is 6.26 Å². The molecule has 5 nitrogen and oxygen atoms in total. The van der Waals surface area contributed by atoms with Crippen molar-refractivity contribution in [2.45, 2.75) is 12.2 Å². The molecule has 0 aliphatic carbocycles. The van der Waals surface area contributed by atoms with Gasteiger partial charge >= 0.3 is 0 Å². The zero-order chi connectivity index (χ0) is 13.2. The van der Waals surface area contributed by atoms with Crippen LogP contribution in [0.5, 0.6) is 0 Å². The highest BCUT2D eigenvalue weighted by Gasteiger charge is 2.23. The Morgan fingerprint density at radius 2 is 2.06 bits per heavy atom. The molecule has 1 atom stereocenters. The van der Waals surface area contributed by atoms with Crippen LogP contribution in [-0.2, 0) is 14.6 Å². The third-order valence-electron chi connectivity index (χ3n) is 2.27. The number of anilines is 2. The van der Waals surface area contributed by atoms with Crippen LogP contribution < -0.4 is 11.1 Å². The van der Waals surface area contributed by atoms with E-state index in [-0.39, 0.29) is 0 Å². The normalized spacial score (nSPS) is 13.1. The molecular formula is C10H13ClN2O3S. The molecule has 0 radical (unpaired) electrons. The maximum atomic E-state index is 11.6. The van der Waals surface area contributed by atoms with Gasteiger partial charge in [-0.25, -0.2) is 8.42 Å². The minimum Gasteiger partial charge on any atom is -0.397 e. The number of sulfone groups is 1. The van der Waals surface area contributed by atoms with Gasteiger partial charge < -0.3 is 11.1 Å². The van der Waals surface area contributed by atoms with Crippen molar-refractivity contribution in [3.8, 4) is 0 Å². The molecule has 0 saturated heterocycles. The second-order valence-electron chi connectivity index (χ2n) is 3.70.